The van der Waals surface area contributed by atoms with E-state index >= 15 is 0 Å². The molecular weight excluding hydrogens is 228 g/mol. The highest BCUT2D eigenvalue weighted by atomic mass is 16.5. The second-order valence-electron chi connectivity index (χ2n) is 3.79. The van der Waals surface area contributed by atoms with Crippen LogP contribution in [0.1, 0.15) is 6.42 Å². The van der Waals surface area contributed by atoms with Crippen LogP contribution >= 0.6 is 0 Å². The summed E-state index contributed by atoms with van der Waals surface area (Å²) in [5.74, 6) is 2.04. The van der Waals surface area contributed by atoms with E-state index in [2.05, 4.69) is 15.5 Å². The van der Waals surface area contributed by atoms with Gasteiger partial charge in [0.25, 0.3) is 0 Å². The van der Waals surface area contributed by atoms with Crippen molar-refractivity contribution in [1.29, 1.82) is 0 Å². The predicted molar refractivity (Wildman–Crippen MR) is 71.5 cm³/mol. The molecule has 5 heteroatoms. The summed E-state index contributed by atoms with van der Waals surface area (Å²) in [6.45, 7) is 1.45. The molecule has 0 radical (unpaired) electrons. The average molecular weight is 244 g/mol. The van der Waals surface area contributed by atoms with Crippen LogP contribution in [0.2, 0.25) is 0 Å². The van der Waals surface area contributed by atoms with Crippen LogP contribution in [-0.2, 0) is 0 Å². The maximum atomic E-state index is 5.57. The fourth-order valence-electron chi connectivity index (χ4n) is 1.43. The molecule has 0 aliphatic carbocycles. The molecule has 0 aliphatic rings. The number of hydrogen-bond acceptors (Lipinski definition) is 5. The van der Waals surface area contributed by atoms with E-state index in [1.165, 1.54) is 0 Å². The third-order valence-electron chi connectivity index (χ3n) is 2.32. The molecule has 3 N–H and O–H groups in total. The highest BCUT2D eigenvalue weighted by molar-refractivity contribution is 5.38. The smallest absolute Gasteiger partial charge is 0.148 e. The molecule has 1 aromatic heterocycles. The topological polar surface area (TPSA) is 73.1 Å². The van der Waals surface area contributed by atoms with E-state index < -0.39 is 0 Å². The summed E-state index contributed by atoms with van der Waals surface area (Å²) in [5.41, 5.74) is 5.45. The van der Waals surface area contributed by atoms with Crippen LogP contribution in [0.4, 0.5) is 11.6 Å². The van der Waals surface area contributed by atoms with Gasteiger partial charge in [-0.3, -0.25) is 0 Å². The first-order valence-corrected chi connectivity index (χ1v) is 5.85. The lowest BCUT2D eigenvalue weighted by atomic mass is 10.3. The maximum Gasteiger partial charge on any atom is 0.148 e. The fraction of sp³-hybridized carbons (Fsp3) is 0.231. The standard InChI is InChI=1S/C13H16N4O/c14-12-7-8-13(17-16-12)15-9-4-10-18-11-5-2-1-3-6-11/h1-3,5-8H,4,9-10H2,(H2,14,16)(H,15,17). The number of nitrogens with zero attached hydrogens (tertiary/aromatic N) is 2. The number of hydrogen-bond donors (Lipinski definition) is 2. The number of para-hydroxylation sites is 1. The van der Waals surface area contributed by atoms with Crippen molar-refractivity contribution in [2.45, 2.75) is 6.42 Å². The summed E-state index contributed by atoms with van der Waals surface area (Å²) in [6.07, 6.45) is 0.890. The number of rotatable bonds is 6. The first kappa shape index (κ1) is 12.2. The summed E-state index contributed by atoms with van der Waals surface area (Å²) >= 11 is 0. The van der Waals surface area contributed by atoms with Crippen LogP contribution in [0.3, 0.4) is 0 Å². The van der Waals surface area contributed by atoms with Gasteiger partial charge in [0.1, 0.15) is 17.4 Å². The Bertz CT molecular complexity index is 458. The monoisotopic (exact) mass is 244 g/mol. The molecule has 2 rings (SSSR count). The van der Waals surface area contributed by atoms with E-state index in [9.17, 15) is 0 Å². The molecule has 0 saturated heterocycles. The molecule has 18 heavy (non-hydrogen) atoms. The van der Waals surface area contributed by atoms with E-state index in [4.69, 9.17) is 10.5 Å². The molecule has 1 aromatic carbocycles. The molecule has 0 bridgehead atoms. The first-order valence-electron chi connectivity index (χ1n) is 5.85. The minimum Gasteiger partial charge on any atom is -0.494 e. The van der Waals surface area contributed by atoms with Crippen LogP contribution in [0.15, 0.2) is 42.5 Å². The van der Waals surface area contributed by atoms with E-state index in [1.54, 1.807) is 12.1 Å². The molecule has 0 spiro atoms. The van der Waals surface area contributed by atoms with Crippen molar-refractivity contribution in [1.82, 2.24) is 10.2 Å². The second-order valence-corrected chi connectivity index (χ2v) is 3.79. The molecule has 0 unspecified atom stereocenters. The molecule has 1 heterocycles. The van der Waals surface area contributed by atoms with Crippen molar-refractivity contribution in [3.05, 3.63) is 42.5 Å². The first-order chi connectivity index (χ1) is 8.84. The van der Waals surface area contributed by atoms with Crippen LogP contribution in [0.5, 0.6) is 5.75 Å². The number of nitrogens with one attached hydrogen (secondary N) is 1. The van der Waals surface area contributed by atoms with E-state index in [0.717, 1.165) is 24.5 Å². The summed E-state index contributed by atoms with van der Waals surface area (Å²) in [5, 5.41) is 10.8. The van der Waals surface area contributed by atoms with Gasteiger partial charge < -0.3 is 15.8 Å². The average Bonchev–Trinajstić information content (AvgIpc) is 2.42. The van der Waals surface area contributed by atoms with Crippen molar-refractivity contribution < 1.29 is 4.74 Å². The molecule has 94 valence electrons. The van der Waals surface area contributed by atoms with E-state index in [0.29, 0.717) is 12.4 Å². The van der Waals surface area contributed by atoms with Crippen molar-refractivity contribution in [2.75, 3.05) is 24.2 Å². The van der Waals surface area contributed by atoms with Gasteiger partial charge in [-0.25, -0.2) is 0 Å². The van der Waals surface area contributed by atoms with Crippen molar-refractivity contribution in [3.63, 3.8) is 0 Å². The summed E-state index contributed by atoms with van der Waals surface area (Å²) in [6, 6.07) is 13.3. The lowest BCUT2D eigenvalue weighted by Gasteiger charge is -2.07. The molecule has 0 aliphatic heterocycles. The number of aromatic nitrogens is 2. The Morgan fingerprint density at radius 2 is 1.89 bits per heavy atom. The molecule has 0 saturated carbocycles. The second kappa shape index (κ2) is 6.44. The zero-order valence-corrected chi connectivity index (χ0v) is 10.0. The van der Waals surface area contributed by atoms with E-state index in [1.807, 2.05) is 30.3 Å². The zero-order valence-electron chi connectivity index (χ0n) is 10.0. The largest absolute Gasteiger partial charge is 0.494 e. The summed E-state index contributed by atoms with van der Waals surface area (Å²) in [7, 11) is 0. The number of anilines is 2. The zero-order chi connectivity index (χ0) is 12.6. The van der Waals surface area contributed by atoms with Gasteiger partial charge in [0, 0.05) is 6.54 Å². The van der Waals surface area contributed by atoms with Gasteiger partial charge in [0.05, 0.1) is 6.61 Å². The lowest BCUT2D eigenvalue weighted by Crippen LogP contribution is -2.09. The van der Waals surface area contributed by atoms with Gasteiger partial charge in [0.15, 0.2) is 0 Å². The van der Waals surface area contributed by atoms with Gasteiger partial charge in [-0.05, 0) is 30.7 Å². The Hall–Kier alpha value is -2.30. The minimum absolute atomic E-state index is 0.424. The number of nitrogen functional groups attached to an aromatic ring is 1. The minimum atomic E-state index is 0.424. The molecular formula is C13H16N4O. The molecule has 2 aromatic rings. The Kier molecular flexibility index (Phi) is 4.35. The highest BCUT2D eigenvalue weighted by Crippen LogP contribution is 2.08. The van der Waals surface area contributed by atoms with Gasteiger partial charge >= 0.3 is 0 Å². The summed E-state index contributed by atoms with van der Waals surface area (Å²) in [4.78, 5) is 0. The Morgan fingerprint density at radius 1 is 1.06 bits per heavy atom. The predicted octanol–water partition coefficient (Wildman–Crippen LogP) is 1.94. The van der Waals surface area contributed by atoms with Gasteiger partial charge in [0.2, 0.25) is 0 Å². The van der Waals surface area contributed by atoms with Crippen LogP contribution in [-0.4, -0.2) is 23.3 Å². The number of benzene rings is 1. The summed E-state index contributed by atoms with van der Waals surface area (Å²) < 4.78 is 5.57. The maximum absolute atomic E-state index is 5.57. The molecule has 0 fully saturated rings. The molecule has 0 atom stereocenters. The van der Waals surface area contributed by atoms with Crippen molar-refractivity contribution in [2.24, 2.45) is 0 Å². The fourth-order valence-corrected chi connectivity index (χ4v) is 1.43. The van der Waals surface area contributed by atoms with Gasteiger partial charge in [-0.15, -0.1) is 10.2 Å². The highest BCUT2D eigenvalue weighted by Gasteiger charge is 1.95. The third kappa shape index (κ3) is 3.93. The van der Waals surface area contributed by atoms with Crippen molar-refractivity contribution >= 4 is 11.6 Å². The van der Waals surface area contributed by atoms with Gasteiger partial charge in [-0.2, -0.15) is 0 Å². The Balaban J connectivity index is 1.63. The quantitative estimate of drug-likeness (QED) is 0.760. The Labute approximate surface area is 106 Å². The number of nitrogens with two attached hydrogens (primary N) is 1. The van der Waals surface area contributed by atoms with Crippen molar-refractivity contribution in [3.8, 4) is 5.75 Å². The van der Waals surface area contributed by atoms with Crippen LogP contribution in [0, 0.1) is 0 Å². The van der Waals surface area contributed by atoms with E-state index in [-0.39, 0.29) is 0 Å². The molecule has 5 nitrogen and oxygen atoms in total. The normalized spacial score (nSPS) is 10.0. The lowest BCUT2D eigenvalue weighted by molar-refractivity contribution is 0.315. The number of ether oxygens (including phenoxy) is 1. The van der Waals surface area contributed by atoms with Crippen LogP contribution in [0.25, 0.3) is 0 Å². The molecule has 0 amide bonds. The Morgan fingerprint density at radius 3 is 2.61 bits per heavy atom. The van der Waals surface area contributed by atoms with Crippen LogP contribution < -0.4 is 15.8 Å². The SMILES string of the molecule is Nc1ccc(NCCCOc2ccccc2)nn1. The van der Waals surface area contributed by atoms with Gasteiger partial charge in [-0.1, -0.05) is 18.2 Å². The third-order valence-corrected chi connectivity index (χ3v) is 2.32.